The summed E-state index contributed by atoms with van der Waals surface area (Å²) in [6.45, 7) is 0. The molecule has 0 spiro atoms. The van der Waals surface area contributed by atoms with Gasteiger partial charge in [-0.2, -0.15) is 5.26 Å². The van der Waals surface area contributed by atoms with Gasteiger partial charge >= 0.3 is 0 Å². The van der Waals surface area contributed by atoms with Crippen LogP contribution >= 0.6 is 0 Å². The number of nitriles is 1. The quantitative estimate of drug-likeness (QED) is 0.743. The average molecular weight is 248 g/mol. The highest BCUT2D eigenvalue weighted by atomic mass is 15.0. The molecule has 0 saturated carbocycles. The van der Waals surface area contributed by atoms with Crippen molar-refractivity contribution in [3.8, 4) is 6.07 Å². The molecule has 2 nitrogen and oxygen atoms in total. The van der Waals surface area contributed by atoms with Gasteiger partial charge in [0, 0.05) is 18.0 Å². The maximum Gasteiger partial charge on any atom is 0.0934 e. The summed E-state index contributed by atoms with van der Waals surface area (Å²) in [6, 6.07) is 14.5. The molecule has 0 fully saturated rings. The van der Waals surface area contributed by atoms with E-state index in [1.165, 1.54) is 24.1 Å². The van der Waals surface area contributed by atoms with Crippen LogP contribution in [-0.2, 0) is 12.8 Å². The van der Waals surface area contributed by atoms with Crippen molar-refractivity contribution in [2.45, 2.75) is 25.7 Å². The van der Waals surface area contributed by atoms with Crippen LogP contribution in [0.3, 0.4) is 0 Å². The van der Waals surface area contributed by atoms with Crippen LogP contribution in [0.2, 0.25) is 0 Å². The molecule has 0 bridgehead atoms. The molecule has 1 aromatic heterocycles. The highest BCUT2D eigenvalue weighted by molar-refractivity contribution is 5.69. The summed E-state index contributed by atoms with van der Waals surface area (Å²) in [7, 11) is 0. The van der Waals surface area contributed by atoms with Crippen LogP contribution in [0.25, 0.3) is 5.70 Å². The van der Waals surface area contributed by atoms with Crippen LogP contribution in [0.15, 0.2) is 48.7 Å². The third kappa shape index (κ3) is 2.20. The van der Waals surface area contributed by atoms with Gasteiger partial charge in [-0.3, -0.25) is 0 Å². The summed E-state index contributed by atoms with van der Waals surface area (Å²) >= 11 is 0. The molecule has 19 heavy (non-hydrogen) atoms. The summed E-state index contributed by atoms with van der Waals surface area (Å²) in [5, 5.41) is 9.06. The third-order valence-electron chi connectivity index (χ3n) is 3.73. The molecule has 94 valence electrons. The van der Waals surface area contributed by atoms with Crippen molar-refractivity contribution in [1.29, 1.82) is 5.26 Å². The minimum atomic E-state index is 0.978. The lowest BCUT2D eigenvalue weighted by Gasteiger charge is -2.17. The molecule has 3 rings (SSSR count). The first-order valence-electron chi connectivity index (χ1n) is 6.75. The van der Waals surface area contributed by atoms with Gasteiger partial charge in [0.05, 0.1) is 11.8 Å². The summed E-state index contributed by atoms with van der Waals surface area (Å²) in [6.07, 6.45) is 8.54. The molecule has 0 radical (unpaired) electrons. The highest BCUT2D eigenvalue weighted by Gasteiger charge is 2.16. The Bertz CT molecular complexity index is 642. The van der Waals surface area contributed by atoms with Gasteiger partial charge in [-0.15, -0.1) is 0 Å². The maximum absolute atomic E-state index is 9.06. The van der Waals surface area contributed by atoms with E-state index in [9.17, 15) is 0 Å². The predicted molar refractivity (Wildman–Crippen MR) is 76.5 cm³/mol. The number of hydrogen-bond acceptors (Lipinski definition) is 1. The second-order valence-electron chi connectivity index (χ2n) is 4.89. The standard InChI is InChI=1S/C17H16N2/c18-12-10-17(14-6-2-1-3-7-14)19-13-11-15-8-4-5-9-16(15)19/h1-3,6-7,10-11,13H,4-5,8-9H2/b17-10-. The molecule has 0 unspecified atom stereocenters. The van der Waals surface area contributed by atoms with Gasteiger partial charge in [-0.05, 0) is 42.9 Å². The fourth-order valence-corrected chi connectivity index (χ4v) is 2.81. The summed E-state index contributed by atoms with van der Waals surface area (Å²) in [5.41, 5.74) is 4.88. The Balaban J connectivity index is 2.10. The molecule has 0 saturated heterocycles. The van der Waals surface area contributed by atoms with E-state index in [1.807, 2.05) is 18.2 Å². The van der Waals surface area contributed by atoms with E-state index < -0.39 is 0 Å². The Morgan fingerprint density at radius 3 is 2.68 bits per heavy atom. The number of aromatic nitrogens is 1. The van der Waals surface area contributed by atoms with Crippen LogP contribution in [-0.4, -0.2) is 4.57 Å². The Labute approximate surface area is 113 Å². The number of benzene rings is 1. The number of rotatable bonds is 2. The lowest BCUT2D eigenvalue weighted by Crippen LogP contribution is -2.08. The first kappa shape index (κ1) is 11.8. The van der Waals surface area contributed by atoms with Crippen molar-refractivity contribution in [2.24, 2.45) is 0 Å². The van der Waals surface area contributed by atoms with Crippen molar-refractivity contribution in [3.05, 3.63) is 65.5 Å². The maximum atomic E-state index is 9.06. The zero-order chi connectivity index (χ0) is 13.1. The molecule has 0 amide bonds. The van der Waals surface area contributed by atoms with Crippen molar-refractivity contribution in [1.82, 2.24) is 4.57 Å². The molecule has 1 aliphatic rings. The normalized spacial score (nSPS) is 14.8. The molecule has 0 atom stereocenters. The van der Waals surface area contributed by atoms with E-state index in [4.69, 9.17) is 5.26 Å². The SMILES string of the molecule is N#C/C=C(/c1ccccc1)n1ccc2c1CCCC2. The first-order chi connectivity index (χ1) is 9.40. The smallest absolute Gasteiger partial charge is 0.0934 e. The summed E-state index contributed by atoms with van der Waals surface area (Å²) in [4.78, 5) is 0. The summed E-state index contributed by atoms with van der Waals surface area (Å²) < 4.78 is 2.19. The number of fused-ring (bicyclic) bond motifs is 1. The van der Waals surface area contributed by atoms with Crippen LogP contribution in [0.5, 0.6) is 0 Å². The third-order valence-corrected chi connectivity index (χ3v) is 3.73. The van der Waals surface area contributed by atoms with E-state index in [0.717, 1.165) is 24.1 Å². The van der Waals surface area contributed by atoms with E-state index in [2.05, 4.69) is 35.0 Å². The molecule has 1 aliphatic carbocycles. The summed E-state index contributed by atoms with van der Waals surface area (Å²) in [5.74, 6) is 0. The monoisotopic (exact) mass is 248 g/mol. The van der Waals surface area contributed by atoms with Gasteiger partial charge in [0.25, 0.3) is 0 Å². The number of hydrogen-bond donors (Lipinski definition) is 0. The van der Waals surface area contributed by atoms with Crippen molar-refractivity contribution in [3.63, 3.8) is 0 Å². The Hall–Kier alpha value is -2.27. The zero-order valence-corrected chi connectivity index (χ0v) is 10.8. The number of allylic oxidation sites excluding steroid dienone is 1. The molecule has 2 heteroatoms. The number of nitrogens with zero attached hydrogens (tertiary/aromatic N) is 2. The molecule has 0 aliphatic heterocycles. The lowest BCUT2D eigenvalue weighted by molar-refractivity contribution is 0.665. The van der Waals surface area contributed by atoms with Crippen LogP contribution in [0.1, 0.15) is 29.7 Å². The molecule has 1 heterocycles. The Kier molecular flexibility index (Phi) is 3.20. The molecular weight excluding hydrogens is 232 g/mol. The van der Waals surface area contributed by atoms with Crippen LogP contribution in [0.4, 0.5) is 0 Å². The second kappa shape index (κ2) is 5.16. The number of aryl methyl sites for hydroxylation is 1. The minimum absolute atomic E-state index is 0.978. The Morgan fingerprint density at radius 1 is 1.11 bits per heavy atom. The lowest BCUT2D eigenvalue weighted by atomic mass is 9.98. The zero-order valence-electron chi connectivity index (χ0n) is 10.8. The van der Waals surface area contributed by atoms with Gasteiger partial charge in [0.1, 0.15) is 0 Å². The minimum Gasteiger partial charge on any atom is -0.319 e. The van der Waals surface area contributed by atoms with Gasteiger partial charge in [-0.1, -0.05) is 30.3 Å². The van der Waals surface area contributed by atoms with Gasteiger partial charge in [0.2, 0.25) is 0 Å². The van der Waals surface area contributed by atoms with E-state index in [1.54, 1.807) is 6.08 Å². The molecule has 1 aromatic carbocycles. The van der Waals surface area contributed by atoms with Crippen LogP contribution < -0.4 is 0 Å². The van der Waals surface area contributed by atoms with Gasteiger partial charge < -0.3 is 4.57 Å². The predicted octanol–water partition coefficient (Wildman–Crippen LogP) is 3.78. The van der Waals surface area contributed by atoms with E-state index in [0.29, 0.717) is 0 Å². The van der Waals surface area contributed by atoms with Crippen molar-refractivity contribution >= 4 is 5.70 Å². The van der Waals surface area contributed by atoms with Gasteiger partial charge in [-0.25, -0.2) is 0 Å². The second-order valence-corrected chi connectivity index (χ2v) is 4.89. The van der Waals surface area contributed by atoms with Crippen molar-refractivity contribution < 1.29 is 0 Å². The fraction of sp³-hybridized carbons (Fsp3) is 0.235. The molecular formula is C17H16N2. The van der Waals surface area contributed by atoms with Crippen molar-refractivity contribution in [2.75, 3.05) is 0 Å². The van der Waals surface area contributed by atoms with Crippen LogP contribution in [0, 0.1) is 11.3 Å². The first-order valence-corrected chi connectivity index (χ1v) is 6.75. The molecule has 2 aromatic rings. The topological polar surface area (TPSA) is 28.7 Å². The largest absolute Gasteiger partial charge is 0.319 e. The fourth-order valence-electron chi connectivity index (χ4n) is 2.81. The highest BCUT2D eigenvalue weighted by Crippen LogP contribution is 2.27. The van der Waals surface area contributed by atoms with E-state index in [-0.39, 0.29) is 0 Å². The average Bonchev–Trinajstić information content (AvgIpc) is 2.89. The Morgan fingerprint density at radius 2 is 1.89 bits per heavy atom. The van der Waals surface area contributed by atoms with Gasteiger partial charge in [0.15, 0.2) is 0 Å². The van der Waals surface area contributed by atoms with E-state index >= 15 is 0 Å². The molecule has 0 N–H and O–H groups in total.